The fourth-order valence-electron chi connectivity index (χ4n) is 12.1. The first-order valence-corrected chi connectivity index (χ1v) is 20.8. The molecule has 0 N–H and O–H groups in total. The second kappa shape index (κ2) is 11.0. The molecule has 0 unspecified atom stereocenters. The van der Waals surface area contributed by atoms with Crippen molar-refractivity contribution < 1.29 is 9.59 Å². The third kappa shape index (κ3) is 4.01. The molecule has 0 saturated heterocycles. The molecule has 4 aliphatic carbocycles. The summed E-state index contributed by atoms with van der Waals surface area (Å²) in [5.41, 5.74) is 9.64. The summed E-state index contributed by atoms with van der Waals surface area (Å²) in [5, 5.41) is 12.6. The molecule has 0 radical (unpaired) electrons. The van der Waals surface area contributed by atoms with Gasteiger partial charge < -0.3 is 4.40 Å². The van der Waals surface area contributed by atoms with E-state index in [-0.39, 0.29) is 10.8 Å². The predicted octanol–water partition coefficient (Wildman–Crippen LogP) is 13.6. The molecule has 2 saturated carbocycles. The van der Waals surface area contributed by atoms with Gasteiger partial charge >= 0.3 is 0 Å². The van der Waals surface area contributed by atoms with Crippen LogP contribution in [0.25, 0.3) is 81.5 Å². The van der Waals surface area contributed by atoms with Crippen LogP contribution in [-0.2, 0) is 12.8 Å². The number of aromatic nitrogens is 1. The highest BCUT2D eigenvalue weighted by Gasteiger charge is 2.48. The summed E-state index contributed by atoms with van der Waals surface area (Å²) in [5.74, 6) is 0.708. The van der Waals surface area contributed by atoms with Gasteiger partial charge in [0.2, 0.25) is 0 Å². The van der Waals surface area contributed by atoms with E-state index in [0.29, 0.717) is 11.6 Å². The summed E-state index contributed by atoms with van der Waals surface area (Å²) in [7, 11) is 0. The molecule has 2 aromatic heterocycles. The maximum atomic E-state index is 14.1. The van der Waals surface area contributed by atoms with Gasteiger partial charge in [0.1, 0.15) is 0 Å². The van der Waals surface area contributed by atoms with Crippen LogP contribution >= 0.6 is 0 Å². The van der Waals surface area contributed by atoms with E-state index < -0.39 is 0 Å². The van der Waals surface area contributed by atoms with E-state index in [0.717, 1.165) is 86.4 Å². The molecular weight excluding hydrogens is 671 g/mol. The SMILES string of the molecule is CC.O=C1c2cc3c(cc2CC12CCCC2)c1cc(-c2ccc4c5ccccc5c5ccccc5c4c2)cc2c4cc5c(cc4n3c12)C(=O)C1(CCCC1)C5. The lowest BCUT2D eigenvalue weighted by Gasteiger charge is -2.19. The van der Waals surface area contributed by atoms with Crippen LogP contribution in [0.5, 0.6) is 0 Å². The smallest absolute Gasteiger partial charge is 0.169 e. The van der Waals surface area contributed by atoms with E-state index in [1.807, 2.05) is 13.8 Å². The quantitative estimate of drug-likeness (QED) is 0.159. The van der Waals surface area contributed by atoms with Gasteiger partial charge in [0.05, 0.1) is 16.6 Å². The summed E-state index contributed by atoms with van der Waals surface area (Å²) >= 11 is 0. The normalized spacial score (nSPS) is 18.4. The van der Waals surface area contributed by atoms with Gasteiger partial charge in [-0.1, -0.05) is 100 Å². The Kier molecular flexibility index (Phi) is 6.37. The number of benzene rings is 7. The Morgan fingerprint density at radius 1 is 0.436 bits per heavy atom. The number of carbonyl (C=O) groups excluding carboxylic acids is 2. The van der Waals surface area contributed by atoms with Crippen molar-refractivity contribution in [1.82, 2.24) is 4.40 Å². The van der Waals surface area contributed by atoms with E-state index in [4.69, 9.17) is 0 Å². The lowest BCUT2D eigenvalue weighted by atomic mass is 9.82. The first-order valence-electron chi connectivity index (χ1n) is 20.8. The molecule has 0 amide bonds. The molecule has 268 valence electrons. The molecule has 2 heterocycles. The number of carbonyl (C=O) groups is 2. The van der Waals surface area contributed by atoms with Crippen molar-refractivity contribution in [3.8, 4) is 11.1 Å². The largest absolute Gasteiger partial charge is 0.308 e. The van der Waals surface area contributed by atoms with Crippen molar-refractivity contribution >= 4 is 82.0 Å². The Labute approximate surface area is 320 Å². The second-order valence-corrected chi connectivity index (χ2v) is 17.1. The lowest BCUT2D eigenvalue weighted by molar-refractivity contribution is 0.0821. The Morgan fingerprint density at radius 2 is 0.855 bits per heavy atom. The van der Waals surface area contributed by atoms with Gasteiger partial charge in [-0.15, -0.1) is 0 Å². The molecule has 3 nitrogen and oxygen atoms in total. The van der Waals surface area contributed by atoms with Crippen LogP contribution in [0, 0.1) is 10.8 Å². The van der Waals surface area contributed by atoms with Crippen LogP contribution in [0.3, 0.4) is 0 Å². The molecule has 2 spiro atoms. The Morgan fingerprint density at radius 3 is 1.33 bits per heavy atom. The van der Waals surface area contributed by atoms with Crippen molar-refractivity contribution in [1.29, 1.82) is 0 Å². The highest BCUT2D eigenvalue weighted by molar-refractivity contribution is 6.28. The minimum Gasteiger partial charge on any atom is -0.308 e. The van der Waals surface area contributed by atoms with Crippen molar-refractivity contribution in [2.24, 2.45) is 10.8 Å². The molecular formula is C52H43NO2. The van der Waals surface area contributed by atoms with Gasteiger partial charge in [0, 0.05) is 43.5 Å². The Hall–Kier alpha value is -5.54. The average Bonchev–Trinajstić information content (AvgIpc) is 4.09. The minimum atomic E-state index is -0.211. The van der Waals surface area contributed by atoms with Gasteiger partial charge in [-0.2, -0.15) is 0 Å². The van der Waals surface area contributed by atoms with Gasteiger partial charge in [-0.25, -0.2) is 0 Å². The highest BCUT2D eigenvalue weighted by Crippen LogP contribution is 2.53. The van der Waals surface area contributed by atoms with Gasteiger partial charge in [-0.3, -0.25) is 9.59 Å². The van der Waals surface area contributed by atoms with Crippen molar-refractivity contribution in [3.05, 3.63) is 125 Å². The minimum absolute atomic E-state index is 0.211. The summed E-state index contributed by atoms with van der Waals surface area (Å²) < 4.78 is 2.40. The molecule has 0 aliphatic heterocycles. The van der Waals surface area contributed by atoms with Crippen LogP contribution in [0.15, 0.2) is 103 Å². The number of Topliss-reactive ketones (excluding diaryl/α,β-unsaturated/α-hetero) is 2. The number of nitrogens with zero attached hydrogens (tertiary/aromatic N) is 1. The van der Waals surface area contributed by atoms with Crippen molar-refractivity contribution in [2.75, 3.05) is 0 Å². The average molecular weight is 714 g/mol. The van der Waals surface area contributed by atoms with Gasteiger partial charge in [-0.05, 0) is 136 Å². The predicted molar refractivity (Wildman–Crippen MR) is 228 cm³/mol. The molecule has 3 heteroatoms. The molecule has 2 fully saturated rings. The summed E-state index contributed by atoms with van der Waals surface area (Å²) in [6.07, 6.45) is 10.3. The van der Waals surface area contributed by atoms with E-state index >= 15 is 0 Å². The summed E-state index contributed by atoms with van der Waals surface area (Å²) in [6.45, 7) is 4.00. The number of ketones is 2. The third-order valence-corrected chi connectivity index (χ3v) is 14.5. The van der Waals surface area contributed by atoms with Crippen molar-refractivity contribution in [3.63, 3.8) is 0 Å². The van der Waals surface area contributed by atoms with Crippen LogP contribution < -0.4 is 0 Å². The number of hydrogen-bond donors (Lipinski definition) is 0. The first-order chi connectivity index (χ1) is 27.0. The van der Waals surface area contributed by atoms with Crippen LogP contribution in [0.4, 0.5) is 0 Å². The Bertz CT molecular complexity index is 3000. The van der Waals surface area contributed by atoms with E-state index in [2.05, 4.69) is 108 Å². The van der Waals surface area contributed by atoms with Crippen molar-refractivity contribution in [2.45, 2.75) is 78.1 Å². The number of hydrogen-bond acceptors (Lipinski definition) is 2. The molecule has 55 heavy (non-hydrogen) atoms. The van der Waals surface area contributed by atoms with E-state index in [1.54, 1.807) is 0 Å². The van der Waals surface area contributed by atoms with E-state index in [1.165, 1.54) is 81.6 Å². The molecule has 0 bridgehead atoms. The molecule has 4 aliphatic rings. The first kappa shape index (κ1) is 31.8. The second-order valence-electron chi connectivity index (χ2n) is 17.1. The zero-order valence-corrected chi connectivity index (χ0v) is 31.6. The topological polar surface area (TPSA) is 38.5 Å². The number of rotatable bonds is 1. The zero-order valence-electron chi connectivity index (χ0n) is 31.6. The lowest BCUT2D eigenvalue weighted by Crippen LogP contribution is -2.23. The molecule has 7 aromatic carbocycles. The fourth-order valence-corrected chi connectivity index (χ4v) is 12.1. The van der Waals surface area contributed by atoms with Gasteiger partial charge in [0.25, 0.3) is 0 Å². The summed E-state index contributed by atoms with van der Waals surface area (Å²) in [4.78, 5) is 28.3. The third-order valence-electron chi connectivity index (χ3n) is 14.5. The summed E-state index contributed by atoms with van der Waals surface area (Å²) in [6, 6.07) is 38.6. The maximum Gasteiger partial charge on any atom is 0.169 e. The van der Waals surface area contributed by atoms with Crippen LogP contribution in [0.1, 0.15) is 97.1 Å². The molecule has 9 aromatic rings. The maximum absolute atomic E-state index is 14.1. The standard InChI is InChI=1S/C50H37NO2.C2H6/c52-47-37-24-44-40(22-30(37)26-49(47)15-5-6-16-49)42-20-29(28-13-14-36-34-11-2-1-9-32(34)33-10-3-4-12-35(33)39(36)19-28)21-43-41-23-31-27-50(17-7-8-18-50)48(53)38(31)25-45(41)51(44)46(42)43;1-2/h1-4,9-14,19-25H,5-8,15-18,26-27H2;1-2H3. The number of fused-ring (bicyclic) bond motifs is 14. The zero-order chi connectivity index (χ0) is 36.8. The Balaban J connectivity index is 0.00000165. The van der Waals surface area contributed by atoms with E-state index in [9.17, 15) is 9.59 Å². The fraction of sp³-hybridized carbons (Fsp3) is 0.269. The van der Waals surface area contributed by atoms with Crippen LogP contribution in [0.2, 0.25) is 0 Å². The highest BCUT2D eigenvalue weighted by atomic mass is 16.1. The van der Waals surface area contributed by atoms with Gasteiger partial charge in [0.15, 0.2) is 11.6 Å². The monoisotopic (exact) mass is 713 g/mol. The van der Waals surface area contributed by atoms with Crippen LogP contribution in [-0.4, -0.2) is 16.0 Å². The molecule has 13 rings (SSSR count). The molecule has 0 atom stereocenters.